The average Bonchev–Trinajstić information content (AvgIpc) is 3.16. The normalized spacial score (nSPS) is 14.3. The van der Waals surface area contributed by atoms with Gasteiger partial charge in [-0.2, -0.15) is 5.10 Å². The van der Waals surface area contributed by atoms with E-state index < -0.39 is 0 Å². The van der Waals surface area contributed by atoms with E-state index in [-0.39, 0.29) is 5.91 Å². The Morgan fingerprint density at radius 3 is 2.35 bits per heavy atom. The van der Waals surface area contributed by atoms with E-state index >= 15 is 0 Å². The lowest BCUT2D eigenvalue weighted by molar-refractivity contribution is 0.0743. The maximum atomic E-state index is 13.1. The van der Waals surface area contributed by atoms with Crippen LogP contribution in [0.2, 0.25) is 0 Å². The highest BCUT2D eigenvalue weighted by atomic mass is 16.5. The Bertz CT molecular complexity index is 1050. The zero-order valence-electron chi connectivity index (χ0n) is 18.2. The number of methoxy groups -OCH3 is 2. The van der Waals surface area contributed by atoms with Gasteiger partial charge < -0.3 is 9.47 Å². The second kappa shape index (κ2) is 9.22. The van der Waals surface area contributed by atoms with Crippen molar-refractivity contribution in [3.05, 3.63) is 59.8 Å². The van der Waals surface area contributed by atoms with Gasteiger partial charge in [-0.25, -0.2) is 9.69 Å². The summed E-state index contributed by atoms with van der Waals surface area (Å²) in [5.74, 6) is 1.26. The van der Waals surface area contributed by atoms with Crippen molar-refractivity contribution < 1.29 is 14.3 Å². The van der Waals surface area contributed by atoms with Crippen molar-refractivity contribution in [3.63, 3.8) is 0 Å². The molecule has 0 bridgehead atoms. The summed E-state index contributed by atoms with van der Waals surface area (Å²) >= 11 is 0. The van der Waals surface area contributed by atoms with E-state index in [1.54, 1.807) is 18.9 Å². The van der Waals surface area contributed by atoms with E-state index in [0.717, 1.165) is 54.2 Å². The molecule has 0 aliphatic carbocycles. The molecule has 7 nitrogen and oxygen atoms in total. The molecule has 2 aromatic carbocycles. The van der Waals surface area contributed by atoms with Crippen molar-refractivity contribution in [2.75, 3.05) is 27.3 Å². The number of rotatable bonds is 6. The standard InChI is InChI=1S/C24H28N4O3/c1-17-22(24(29)26-27-15-7-4-8-16-27)25-28(20-9-5-6-10-21(20)31-3)23(17)18-11-13-19(30-2)14-12-18/h5-6,9-14H,4,7-8,15-16H2,1-3H3,(H,26,29). The van der Waals surface area contributed by atoms with Crippen LogP contribution in [0.25, 0.3) is 16.9 Å². The highest BCUT2D eigenvalue weighted by Gasteiger charge is 2.25. The highest BCUT2D eigenvalue weighted by Crippen LogP contribution is 2.33. The van der Waals surface area contributed by atoms with Crippen molar-refractivity contribution in [1.82, 2.24) is 20.2 Å². The third kappa shape index (κ3) is 4.27. The molecule has 2 heterocycles. The van der Waals surface area contributed by atoms with Crippen LogP contribution in [-0.4, -0.2) is 48.0 Å². The van der Waals surface area contributed by atoms with E-state index in [1.165, 1.54) is 6.42 Å². The molecule has 0 spiro atoms. The number of ether oxygens (including phenoxy) is 2. The van der Waals surface area contributed by atoms with Crippen LogP contribution in [0.3, 0.4) is 0 Å². The summed E-state index contributed by atoms with van der Waals surface area (Å²) in [6.07, 6.45) is 3.38. The second-order valence-corrected chi connectivity index (χ2v) is 7.62. The Morgan fingerprint density at radius 1 is 0.968 bits per heavy atom. The first-order valence-corrected chi connectivity index (χ1v) is 10.6. The molecule has 1 saturated heterocycles. The first-order valence-electron chi connectivity index (χ1n) is 10.6. The van der Waals surface area contributed by atoms with Gasteiger partial charge in [-0.1, -0.05) is 18.6 Å². The topological polar surface area (TPSA) is 68.6 Å². The van der Waals surface area contributed by atoms with Crippen LogP contribution in [0.4, 0.5) is 0 Å². The minimum Gasteiger partial charge on any atom is -0.497 e. The molecular weight excluding hydrogens is 392 g/mol. The lowest BCUT2D eigenvalue weighted by Gasteiger charge is -2.26. The zero-order chi connectivity index (χ0) is 21.8. The summed E-state index contributed by atoms with van der Waals surface area (Å²) in [5.41, 5.74) is 6.81. The molecule has 4 rings (SSSR count). The number of carbonyl (C=O) groups is 1. The number of hydrogen-bond donors (Lipinski definition) is 1. The molecular formula is C24H28N4O3. The number of nitrogens with one attached hydrogen (secondary N) is 1. The van der Waals surface area contributed by atoms with Crippen LogP contribution >= 0.6 is 0 Å². The van der Waals surface area contributed by atoms with Crippen LogP contribution in [0.5, 0.6) is 11.5 Å². The predicted octanol–water partition coefficient (Wildman–Crippen LogP) is 4.00. The first-order chi connectivity index (χ1) is 15.1. The molecule has 0 unspecified atom stereocenters. The van der Waals surface area contributed by atoms with E-state index in [1.807, 2.05) is 60.5 Å². The van der Waals surface area contributed by atoms with Gasteiger partial charge in [0.05, 0.1) is 19.9 Å². The van der Waals surface area contributed by atoms with Gasteiger partial charge in [0.25, 0.3) is 5.91 Å². The number of hydrogen-bond acceptors (Lipinski definition) is 5. The number of amides is 1. The van der Waals surface area contributed by atoms with Crippen LogP contribution in [0.15, 0.2) is 48.5 Å². The minimum absolute atomic E-state index is 0.192. The number of carbonyl (C=O) groups excluding carboxylic acids is 1. The van der Waals surface area contributed by atoms with Crippen LogP contribution in [-0.2, 0) is 0 Å². The number of hydrazine groups is 1. The molecule has 1 N–H and O–H groups in total. The van der Waals surface area contributed by atoms with E-state index in [9.17, 15) is 4.79 Å². The molecule has 0 radical (unpaired) electrons. The molecule has 162 valence electrons. The third-order valence-electron chi connectivity index (χ3n) is 5.63. The number of para-hydroxylation sites is 2. The molecule has 1 aliphatic rings. The van der Waals surface area contributed by atoms with E-state index in [0.29, 0.717) is 11.4 Å². The zero-order valence-corrected chi connectivity index (χ0v) is 18.2. The highest BCUT2D eigenvalue weighted by molar-refractivity contribution is 5.95. The van der Waals surface area contributed by atoms with Crippen molar-refractivity contribution in [3.8, 4) is 28.4 Å². The number of nitrogens with zero attached hydrogens (tertiary/aromatic N) is 3. The fraction of sp³-hybridized carbons (Fsp3) is 0.333. The van der Waals surface area contributed by atoms with E-state index in [4.69, 9.17) is 14.6 Å². The Kier molecular flexibility index (Phi) is 6.23. The van der Waals surface area contributed by atoms with Crippen molar-refractivity contribution in [2.45, 2.75) is 26.2 Å². The maximum Gasteiger partial charge on any atom is 0.286 e. The number of benzene rings is 2. The van der Waals surface area contributed by atoms with Crippen molar-refractivity contribution in [1.29, 1.82) is 0 Å². The van der Waals surface area contributed by atoms with Gasteiger partial charge >= 0.3 is 0 Å². The lowest BCUT2D eigenvalue weighted by Crippen LogP contribution is -2.45. The Morgan fingerprint density at radius 2 is 1.68 bits per heavy atom. The van der Waals surface area contributed by atoms with E-state index in [2.05, 4.69) is 5.43 Å². The summed E-state index contributed by atoms with van der Waals surface area (Å²) in [6.45, 7) is 3.66. The van der Waals surface area contributed by atoms with Crippen molar-refractivity contribution >= 4 is 5.91 Å². The monoisotopic (exact) mass is 420 g/mol. The van der Waals surface area contributed by atoms with Gasteiger partial charge in [0.2, 0.25) is 0 Å². The average molecular weight is 421 g/mol. The third-order valence-corrected chi connectivity index (χ3v) is 5.63. The Hall–Kier alpha value is -3.32. The van der Waals surface area contributed by atoms with Crippen LogP contribution in [0, 0.1) is 6.92 Å². The second-order valence-electron chi connectivity index (χ2n) is 7.62. The quantitative estimate of drug-likeness (QED) is 0.653. The van der Waals surface area contributed by atoms with Crippen LogP contribution in [0.1, 0.15) is 35.3 Å². The lowest BCUT2D eigenvalue weighted by atomic mass is 10.1. The van der Waals surface area contributed by atoms with Gasteiger partial charge in [-0.15, -0.1) is 0 Å². The fourth-order valence-electron chi connectivity index (χ4n) is 3.98. The molecule has 1 aromatic heterocycles. The van der Waals surface area contributed by atoms with Gasteiger partial charge in [0.15, 0.2) is 5.69 Å². The van der Waals surface area contributed by atoms with Gasteiger partial charge in [0, 0.05) is 24.2 Å². The number of piperidine rings is 1. The largest absolute Gasteiger partial charge is 0.497 e. The van der Waals surface area contributed by atoms with Gasteiger partial charge in [0.1, 0.15) is 17.2 Å². The van der Waals surface area contributed by atoms with Crippen LogP contribution < -0.4 is 14.9 Å². The van der Waals surface area contributed by atoms with Gasteiger partial charge in [-0.05, 0) is 56.2 Å². The Balaban J connectivity index is 1.80. The summed E-state index contributed by atoms with van der Waals surface area (Å²) < 4.78 is 12.7. The predicted molar refractivity (Wildman–Crippen MR) is 120 cm³/mol. The molecule has 7 heteroatoms. The molecule has 0 atom stereocenters. The SMILES string of the molecule is COc1ccc(-c2c(C)c(C(=O)NN3CCCCC3)nn2-c2ccccc2OC)cc1. The minimum atomic E-state index is -0.192. The molecule has 3 aromatic rings. The molecule has 0 saturated carbocycles. The summed E-state index contributed by atoms with van der Waals surface area (Å²) in [4.78, 5) is 13.1. The van der Waals surface area contributed by atoms with Gasteiger partial charge in [-0.3, -0.25) is 10.2 Å². The number of aromatic nitrogens is 2. The molecule has 1 aliphatic heterocycles. The van der Waals surface area contributed by atoms with Crippen molar-refractivity contribution in [2.24, 2.45) is 0 Å². The maximum absolute atomic E-state index is 13.1. The Labute approximate surface area is 182 Å². The molecule has 31 heavy (non-hydrogen) atoms. The fourth-order valence-corrected chi connectivity index (χ4v) is 3.98. The molecule has 1 amide bonds. The summed E-state index contributed by atoms with van der Waals surface area (Å²) in [7, 11) is 3.27. The summed E-state index contributed by atoms with van der Waals surface area (Å²) in [5, 5.41) is 6.73. The molecule has 1 fully saturated rings. The first kappa shape index (κ1) is 20.9. The summed E-state index contributed by atoms with van der Waals surface area (Å²) in [6, 6.07) is 15.4. The smallest absolute Gasteiger partial charge is 0.286 e.